The Morgan fingerprint density at radius 3 is 1.26 bits per heavy atom. The number of hydrogen-bond donors (Lipinski definition) is 4. The quantitative estimate of drug-likeness (QED) is 0.472. The largest absolute Gasteiger partial charge is 0.481 e. The number of nitrogens with one attached hydrogen (secondary N) is 2. The van der Waals surface area contributed by atoms with E-state index in [2.05, 4.69) is 10.6 Å². The van der Waals surface area contributed by atoms with Gasteiger partial charge in [0.05, 0.1) is 5.92 Å². The maximum Gasteiger partial charge on any atom is 0.407 e. The Labute approximate surface area is 202 Å². The van der Waals surface area contributed by atoms with Crippen molar-refractivity contribution in [1.82, 2.24) is 10.6 Å². The smallest absolute Gasteiger partial charge is 0.407 e. The third-order valence-electron chi connectivity index (χ3n) is 5.65. The third kappa shape index (κ3) is 12.6. The van der Waals surface area contributed by atoms with Gasteiger partial charge in [0.1, 0.15) is 11.2 Å². The number of carboxylic acid groups (broad SMARTS) is 1. The Bertz CT molecular complexity index is 636. The second-order valence-electron chi connectivity index (χ2n) is 11.1. The first-order valence-electron chi connectivity index (χ1n) is 12.1. The van der Waals surface area contributed by atoms with Gasteiger partial charge in [-0.2, -0.15) is 0 Å². The molecule has 34 heavy (non-hydrogen) atoms. The molecule has 10 heteroatoms. The standard InChI is InChI=1S/C12H22N2O3.C12H21NO4/c1-12(2,3)17-11(16)14-9-6-4-8(5-7-9)10(13)15;1-12(2,3)17-11(16)13-9-6-4-8(5-7-9)10(14)15/h8-9H,4-7H2,1-3H3,(H2,13,15)(H,14,16);8-9H,4-7H2,1-3H3,(H,13,16)(H,14,15). The van der Waals surface area contributed by atoms with Crippen LogP contribution >= 0.6 is 0 Å². The van der Waals surface area contributed by atoms with E-state index in [1.165, 1.54) is 0 Å². The minimum atomic E-state index is -0.735. The molecule has 2 aliphatic carbocycles. The minimum absolute atomic E-state index is 0.0355. The number of hydrogen-bond acceptors (Lipinski definition) is 6. The molecule has 0 heterocycles. The molecule has 0 aromatic carbocycles. The van der Waals surface area contributed by atoms with Crippen molar-refractivity contribution in [1.29, 1.82) is 0 Å². The number of nitrogens with two attached hydrogens (primary N) is 1. The number of amides is 3. The SMILES string of the molecule is CC(C)(C)OC(=O)NC1CCC(C(=O)O)CC1.CC(C)(C)OC(=O)NC1CCC(C(N)=O)CC1. The number of carboxylic acids is 1. The predicted molar refractivity (Wildman–Crippen MR) is 127 cm³/mol. The predicted octanol–water partition coefficient (Wildman–Crippen LogP) is 3.71. The Morgan fingerprint density at radius 1 is 0.676 bits per heavy atom. The van der Waals surface area contributed by atoms with Crippen molar-refractivity contribution in [2.24, 2.45) is 17.6 Å². The number of carbonyl (C=O) groups is 4. The molecule has 0 atom stereocenters. The first kappa shape index (κ1) is 29.5. The zero-order valence-corrected chi connectivity index (χ0v) is 21.4. The summed E-state index contributed by atoms with van der Waals surface area (Å²) in [5.41, 5.74) is 4.27. The molecule has 5 N–H and O–H groups in total. The summed E-state index contributed by atoms with van der Waals surface area (Å²) in [7, 11) is 0. The summed E-state index contributed by atoms with van der Waals surface area (Å²) in [5, 5.41) is 14.4. The summed E-state index contributed by atoms with van der Waals surface area (Å²) >= 11 is 0. The normalized spacial score (nSPS) is 25.1. The molecule has 0 saturated heterocycles. The van der Waals surface area contributed by atoms with Crippen molar-refractivity contribution in [3.05, 3.63) is 0 Å². The van der Waals surface area contributed by atoms with Gasteiger partial charge in [-0.3, -0.25) is 9.59 Å². The molecule has 0 bridgehead atoms. The number of alkyl carbamates (subject to hydrolysis) is 2. The molecule has 0 spiro atoms. The van der Waals surface area contributed by atoms with Crippen LogP contribution in [-0.4, -0.2) is 52.5 Å². The van der Waals surface area contributed by atoms with Crippen LogP contribution < -0.4 is 16.4 Å². The molecule has 0 aromatic heterocycles. The third-order valence-corrected chi connectivity index (χ3v) is 5.65. The van der Waals surface area contributed by atoms with Crippen molar-refractivity contribution in [2.75, 3.05) is 0 Å². The lowest BCUT2D eigenvalue weighted by atomic mass is 9.86. The molecular weight excluding hydrogens is 442 g/mol. The molecule has 0 unspecified atom stereocenters. The molecule has 2 aliphatic rings. The monoisotopic (exact) mass is 485 g/mol. The lowest BCUT2D eigenvalue weighted by molar-refractivity contribution is -0.142. The van der Waals surface area contributed by atoms with Gasteiger partial charge in [0.15, 0.2) is 0 Å². The number of carbonyl (C=O) groups excluding carboxylic acids is 3. The lowest BCUT2D eigenvalue weighted by Gasteiger charge is -2.28. The number of primary amides is 1. The maximum atomic E-state index is 11.5. The summed E-state index contributed by atoms with van der Waals surface area (Å²) in [6, 6.07) is 0.140. The second-order valence-corrected chi connectivity index (χ2v) is 11.1. The van der Waals surface area contributed by atoms with Gasteiger partial charge in [-0.25, -0.2) is 9.59 Å². The van der Waals surface area contributed by atoms with Crippen molar-refractivity contribution < 1.29 is 33.8 Å². The zero-order chi connectivity index (χ0) is 26.1. The summed E-state index contributed by atoms with van der Waals surface area (Å²) < 4.78 is 10.3. The minimum Gasteiger partial charge on any atom is -0.481 e. The van der Waals surface area contributed by atoms with E-state index in [1.807, 2.05) is 41.5 Å². The van der Waals surface area contributed by atoms with Crippen LogP contribution in [0.4, 0.5) is 9.59 Å². The first-order chi connectivity index (χ1) is 15.6. The van der Waals surface area contributed by atoms with E-state index in [1.54, 1.807) is 0 Å². The average molecular weight is 486 g/mol. The Balaban J connectivity index is 0.000000340. The number of aliphatic carboxylic acids is 1. The van der Waals surface area contributed by atoms with Gasteiger partial charge in [0.25, 0.3) is 0 Å². The molecule has 0 aromatic rings. The van der Waals surface area contributed by atoms with Crippen molar-refractivity contribution in [3.63, 3.8) is 0 Å². The summed E-state index contributed by atoms with van der Waals surface area (Å²) in [6.07, 6.45) is 4.90. The molecule has 10 nitrogen and oxygen atoms in total. The molecule has 0 aliphatic heterocycles. The average Bonchev–Trinajstić information content (AvgIpc) is 2.66. The van der Waals surface area contributed by atoms with Crippen molar-refractivity contribution in [3.8, 4) is 0 Å². The fraction of sp³-hybridized carbons (Fsp3) is 0.833. The van der Waals surface area contributed by atoms with E-state index in [9.17, 15) is 19.2 Å². The van der Waals surface area contributed by atoms with E-state index >= 15 is 0 Å². The van der Waals surface area contributed by atoms with Gasteiger partial charge < -0.3 is 30.9 Å². The molecule has 3 amide bonds. The van der Waals surface area contributed by atoms with E-state index in [0.717, 1.165) is 25.7 Å². The van der Waals surface area contributed by atoms with E-state index in [4.69, 9.17) is 20.3 Å². The summed E-state index contributed by atoms with van der Waals surface area (Å²) in [6.45, 7) is 10.9. The molecule has 2 rings (SSSR count). The molecule has 0 radical (unpaired) electrons. The van der Waals surface area contributed by atoms with Crippen LogP contribution in [-0.2, 0) is 19.1 Å². The number of ether oxygens (including phenoxy) is 2. The zero-order valence-electron chi connectivity index (χ0n) is 21.4. The molecular formula is C24H43N3O7. The van der Waals surface area contributed by atoms with Crippen LogP contribution in [0.25, 0.3) is 0 Å². The van der Waals surface area contributed by atoms with E-state index in [0.29, 0.717) is 25.7 Å². The van der Waals surface area contributed by atoms with Crippen LogP contribution in [0.2, 0.25) is 0 Å². The van der Waals surface area contributed by atoms with E-state index < -0.39 is 23.3 Å². The fourth-order valence-corrected chi connectivity index (χ4v) is 3.96. The highest BCUT2D eigenvalue weighted by Crippen LogP contribution is 2.25. The summed E-state index contributed by atoms with van der Waals surface area (Å²) in [5.74, 6) is -1.26. The maximum absolute atomic E-state index is 11.5. The highest BCUT2D eigenvalue weighted by molar-refractivity contribution is 5.76. The van der Waals surface area contributed by atoms with Crippen LogP contribution in [0.15, 0.2) is 0 Å². The van der Waals surface area contributed by atoms with Gasteiger partial charge in [-0.1, -0.05) is 0 Å². The molecule has 2 saturated carbocycles. The fourth-order valence-electron chi connectivity index (χ4n) is 3.96. The van der Waals surface area contributed by atoms with Gasteiger partial charge >= 0.3 is 18.2 Å². The molecule has 196 valence electrons. The second kappa shape index (κ2) is 12.8. The summed E-state index contributed by atoms with van der Waals surface area (Å²) in [4.78, 5) is 44.7. The van der Waals surface area contributed by atoms with Crippen LogP contribution in [0.1, 0.15) is 92.9 Å². The van der Waals surface area contributed by atoms with Gasteiger partial charge in [-0.15, -0.1) is 0 Å². The topological polar surface area (TPSA) is 157 Å². The first-order valence-corrected chi connectivity index (χ1v) is 12.1. The Kier molecular flexibility index (Phi) is 11.1. The van der Waals surface area contributed by atoms with Crippen molar-refractivity contribution in [2.45, 2.75) is 116 Å². The van der Waals surface area contributed by atoms with Crippen LogP contribution in [0.5, 0.6) is 0 Å². The Morgan fingerprint density at radius 2 is 1.00 bits per heavy atom. The van der Waals surface area contributed by atoms with Gasteiger partial charge in [0, 0.05) is 18.0 Å². The van der Waals surface area contributed by atoms with Crippen molar-refractivity contribution >= 4 is 24.1 Å². The van der Waals surface area contributed by atoms with Crippen LogP contribution in [0, 0.1) is 11.8 Å². The highest BCUT2D eigenvalue weighted by atomic mass is 16.6. The highest BCUT2D eigenvalue weighted by Gasteiger charge is 2.28. The van der Waals surface area contributed by atoms with E-state index in [-0.39, 0.29) is 35.9 Å². The van der Waals surface area contributed by atoms with Gasteiger partial charge in [-0.05, 0) is 92.9 Å². The Hall–Kier alpha value is -2.52. The van der Waals surface area contributed by atoms with Gasteiger partial charge in [0.2, 0.25) is 5.91 Å². The number of rotatable bonds is 4. The van der Waals surface area contributed by atoms with Crippen LogP contribution in [0.3, 0.4) is 0 Å². The lowest BCUT2D eigenvalue weighted by Crippen LogP contribution is -2.42. The molecule has 2 fully saturated rings.